The van der Waals surface area contributed by atoms with Crippen LogP contribution in [0, 0.1) is 5.92 Å². The molecule has 2 rings (SSSR count). The first-order chi connectivity index (χ1) is 11.1. The fourth-order valence-electron chi connectivity index (χ4n) is 2.58. The Kier molecular flexibility index (Phi) is 5.14. The summed E-state index contributed by atoms with van der Waals surface area (Å²) in [6.07, 6.45) is -3.36. The molecule has 1 aromatic rings. The van der Waals surface area contributed by atoms with Crippen LogP contribution < -0.4 is 15.4 Å². The number of carbonyl (C=O) groups excluding carboxylic acids is 1. The average Bonchev–Trinajstić information content (AvgIpc) is 2.41. The van der Waals surface area contributed by atoms with Gasteiger partial charge in [-0.1, -0.05) is 0 Å². The second kappa shape index (κ2) is 6.78. The Morgan fingerprint density at radius 2 is 2.12 bits per heavy atom. The summed E-state index contributed by atoms with van der Waals surface area (Å²) in [6, 6.07) is 2.09. The number of nitrogens with one attached hydrogen (secondary N) is 2. The molecule has 0 aromatic carbocycles. The number of pyridine rings is 1. The fourth-order valence-corrected chi connectivity index (χ4v) is 2.58. The van der Waals surface area contributed by atoms with Gasteiger partial charge in [0.25, 0.3) is 0 Å². The van der Waals surface area contributed by atoms with E-state index in [-0.39, 0.29) is 25.3 Å². The maximum atomic E-state index is 12.5. The molecule has 1 fully saturated rings. The molecule has 1 aliphatic rings. The van der Waals surface area contributed by atoms with E-state index in [9.17, 15) is 26.7 Å². The van der Waals surface area contributed by atoms with Crippen LogP contribution in [0.15, 0.2) is 18.3 Å². The summed E-state index contributed by atoms with van der Waals surface area (Å²) < 4.78 is 65.8. The van der Waals surface area contributed by atoms with Crippen molar-refractivity contribution in [2.24, 2.45) is 5.92 Å². The molecule has 1 aliphatic carbocycles. The second-order valence-corrected chi connectivity index (χ2v) is 5.90. The van der Waals surface area contributed by atoms with Crippen molar-refractivity contribution in [3.8, 4) is 5.88 Å². The molecule has 134 valence electrons. The first-order valence-electron chi connectivity index (χ1n) is 7.10. The zero-order chi connectivity index (χ0) is 18.0. The molecule has 0 radical (unpaired) electrons. The number of amides is 2. The van der Waals surface area contributed by atoms with E-state index in [0.29, 0.717) is 5.56 Å². The van der Waals surface area contributed by atoms with Gasteiger partial charge < -0.3 is 15.4 Å². The van der Waals surface area contributed by atoms with Crippen LogP contribution in [0.4, 0.5) is 26.7 Å². The number of alkyl halides is 5. The molecule has 0 bridgehead atoms. The molecule has 24 heavy (non-hydrogen) atoms. The highest BCUT2D eigenvalue weighted by atomic mass is 19.4. The van der Waals surface area contributed by atoms with Crippen molar-refractivity contribution in [3.63, 3.8) is 0 Å². The lowest BCUT2D eigenvalue weighted by molar-refractivity contribution is -0.208. The van der Waals surface area contributed by atoms with Crippen LogP contribution in [0.5, 0.6) is 5.88 Å². The van der Waals surface area contributed by atoms with Gasteiger partial charge in [0, 0.05) is 24.3 Å². The summed E-state index contributed by atoms with van der Waals surface area (Å²) in [5, 5.41) is 4.95. The fraction of sp³-hybridized carbons (Fsp3) is 0.571. The summed E-state index contributed by atoms with van der Waals surface area (Å²) in [7, 11) is 0. The second-order valence-electron chi connectivity index (χ2n) is 5.90. The van der Waals surface area contributed by atoms with E-state index in [2.05, 4.69) is 20.4 Å². The maximum absolute atomic E-state index is 12.5. The third kappa shape index (κ3) is 4.93. The Bertz CT molecular complexity index is 588. The Hall–Kier alpha value is -2.13. The van der Waals surface area contributed by atoms with E-state index in [4.69, 9.17) is 0 Å². The van der Waals surface area contributed by atoms with E-state index < -0.39 is 30.3 Å². The minimum atomic E-state index is -4.25. The van der Waals surface area contributed by atoms with Gasteiger partial charge >= 0.3 is 18.8 Å². The standard InChI is InChI=1S/C14H16F5N3O2/c1-13(5-9(6-13)14(17,18)19)22-12(23)21-7-8-2-3-20-10(4-8)24-11(15)16/h2-4,9,11H,5-7H2,1H3,(H2,21,22,23)/t9-,13+. The first kappa shape index (κ1) is 18.2. The lowest BCUT2D eigenvalue weighted by Crippen LogP contribution is -2.60. The highest BCUT2D eigenvalue weighted by Gasteiger charge is 2.54. The zero-order valence-corrected chi connectivity index (χ0v) is 12.7. The summed E-state index contributed by atoms with van der Waals surface area (Å²) in [5.41, 5.74) is -0.449. The van der Waals surface area contributed by atoms with E-state index in [1.54, 1.807) is 0 Å². The van der Waals surface area contributed by atoms with Gasteiger partial charge in [-0.3, -0.25) is 0 Å². The zero-order valence-electron chi connectivity index (χ0n) is 12.7. The molecule has 2 amide bonds. The Morgan fingerprint density at radius 3 is 2.71 bits per heavy atom. The van der Waals surface area contributed by atoms with Crippen molar-refractivity contribution >= 4 is 6.03 Å². The van der Waals surface area contributed by atoms with Crippen LogP contribution in [0.25, 0.3) is 0 Å². The van der Waals surface area contributed by atoms with Crippen LogP contribution in [0.3, 0.4) is 0 Å². The van der Waals surface area contributed by atoms with Gasteiger partial charge in [-0.25, -0.2) is 9.78 Å². The predicted octanol–water partition coefficient (Wildman–Crippen LogP) is 3.21. The number of ether oxygens (including phenoxy) is 1. The maximum Gasteiger partial charge on any atom is 0.391 e. The minimum Gasteiger partial charge on any atom is -0.417 e. The lowest BCUT2D eigenvalue weighted by Gasteiger charge is -2.46. The van der Waals surface area contributed by atoms with Gasteiger partial charge in [0.05, 0.1) is 5.92 Å². The van der Waals surface area contributed by atoms with Crippen molar-refractivity contribution < 1.29 is 31.5 Å². The molecule has 1 aromatic heterocycles. The van der Waals surface area contributed by atoms with Crippen LogP contribution in [0.1, 0.15) is 25.3 Å². The van der Waals surface area contributed by atoms with E-state index in [0.717, 1.165) is 0 Å². The quantitative estimate of drug-likeness (QED) is 0.799. The number of hydrogen-bond acceptors (Lipinski definition) is 3. The summed E-state index contributed by atoms with van der Waals surface area (Å²) >= 11 is 0. The minimum absolute atomic E-state index is 0.00721. The van der Waals surface area contributed by atoms with Crippen LogP contribution >= 0.6 is 0 Å². The predicted molar refractivity (Wildman–Crippen MR) is 73.4 cm³/mol. The number of halogens is 5. The normalized spacial score (nSPS) is 23.5. The number of aromatic nitrogens is 1. The number of hydrogen-bond donors (Lipinski definition) is 2. The largest absolute Gasteiger partial charge is 0.417 e. The van der Waals surface area contributed by atoms with Gasteiger partial charge in [0.2, 0.25) is 5.88 Å². The number of urea groups is 1. The molecule has 0 spiro atoms. The van der Waals surface area contributed by atoms with Crippen molar-refractivity contribution in [2.45, 2.75) is 44.6 Å². The summed E-state index contributed by atoms with van der Waals surface area (Å²) in [4.78, 5) is 15.4. The van der Waals surface area contributed by atoms with Gasteiger partial charge in [-0.15, -0.1) is 0 Å². The average molecular weight is 353 g/mol. The van der Waals surface area contributed by atoms with Gasteiger partial charge in [-0.2, -0.15) is 22.0 Å². The van der Waals surface area contributed by atoms with Crippen LogP contribution in [-0.2, 0) is 6.54 Å². The summed E-state index contributed by atoms with van der Waals surface area (Å²) in [5.74, 6) is -1.69. The van der Waals surface area contributed by atoms with Crippen LogP contribution in [-0.4, -0.2) is 29.3 Å². The monoisotopic (exact) mass is 353 g/mol. The molecule has 1 saturated carbocycles. The molecule has 0 aliphatic heterocycles. The summed E-state index contributed by atoms with van der Waals surface area (Å²) in [6.45, 7) is -1.48. The van der Waals surface area contributed by atoms with Crippen molar-refractivity contribution in [3.05, 3.63) is 23.9 Å². The molecule has 1 heterocycles. The van der Waals surface area contributed by atoms with E-state index >= 15 is 0 Å². The van der Waals surface area contributed by atoms with Gasteiger partial charge in [0.1, 0.15) is 0 Å². The highest BCUT2D eigenvalue weighted by Crippen LogP contribution is 2.46. The molecule has 5 nitrogen and oxygen atoms in total. The smallest absolute Gasteiger partial charge is 0.391 e. The van der Waals surface area contributed by atoms with E-state index in [1.165, 1.54) is 25.3 Å². The highest BCUT2D eigenvalue weighted by molar-refractivity contribution is 5.74. The Balaban J connectivity index is 1.80. The molecular formula is C14H16F5N3O2. The molecule has 2 N–H and O–H groups in total. The van der Waals surface area contributed by atoms with Gasteiger partial charge in [-0.05, 0) is 31.4 Å². The van der Waals surface area contributed by atoms with Crippen molar-refractivity contribution in [1.29, 1.82) is 0 Å². The van der Waals surface area contributed by atoms with Crippen LogP contribution in [0.2, 0.25) is 0 Å². The third-order valence-electron chi connectivity index (χ3n) is 3.73. The topological polar surface area (TPSA) is 63.2 Å². The molecule has 0 atom stereocenters. The Morgan fingerprint density at radius 1 is 1.46 bits per heavy atom. The number of nitrogens with zero attached hydrogens (tertiary/aromatic N) is 1. The van der Waals surface area contributed by atoms with Gasteiger partial charge in [0.15, 0.2) is 0 Å². The van der Waals surface area contributed by atoms with E-state index in [1.807, 2.05) is 0 Å². The lowest BCUT2D eigenvalue weighted by atomic mass is 9.69. The molecular weight excluding hydrogens is 337 g/mol. The van der Waals surface area contributed by atoms with Crippen molar-refractivity contribution in [1.82, 2.24) is 15.6 Å². The third-order valence-corrected chi connectivity index (χ3v) is 3.73. The number of rotatable bonds is 5. The SMILES string of the molecule is C[C@]1(NC(=O)NCc2ccnc(OC(F)F)c2)C[C@@H](C(F)(F)F)C1. The number of carbonyl (C=O) groups is 1. The molecule has 0 unspecified atom stereocenters. The molecule has 10 heteroatoms. The Labute approximate surface area is 134 Å². The van der Waals surface area contributed by atoms with Crippen molar-refractivity contribution in [2.75, 3.05) is 0 Å². The molecule has 0 saturated heterocycles. The first-order valence-corrected chi connectivity index (χ1v) is 7.10.